The largest absolute Gasteiger partial charge is 0.493 e. The minimum absolute atomic E-state index is 0.311. The quantitative estimate of drug-likeness (QED) is 0.312. The zero-order valence-corrected chi connectivity index (χ0v) is 20.3. The molecular weight excluding hydrogens is 450 g/mol. The molecule has 0 N–H and O–H groups in total. The Morgan fingerprint density at radius 3 is 2.21 bits per heavy atom. The van der Waals surface area contributed by atoms with E-state index in [0.717, 1.165) is 42.1 Å². The molecule has 7 heteroatoms. The number of aryl methyl sites for hydroxylation is 1. The third kappa shape index (κ3) is 6.10. The van der Waals surface area contributed by atoms with Gasteiger partial charge in [0.05, 0.1) is 18.1 Å². The van der Waals surface area contributed by atoms with E-state index in [2.05, 4.69) is 6.92 Å². The molecule has 1 aliphatic rings. The van der Waals surface area contributed by atoms with E-state index in [4.69, 9.17) is 14.2 Å². The third-order valence-electron chi connectivity index (χ3n) is 5.62. The average Bonchev–Trinajstić information content (AvgIpc) is 2.80. The van der Waals surface area contributed by atoms with Crippen molar-refractivity contribution in [3.8, 4) is 23.0 Å². The van der Waals surface area contributed by atoms with Crippen molar-refractivity contribution in [2.75, 3.05) is 26.3 Å². The standard InChI is InChI=1S/C27H31NO5S/c1-2-8-22-21-25(33-24-9-4-3-5-10-24)13-16-27(22)32-20-7-19-31-23-11-14-26(15-12-23)34(29,30)28-17-6-18-28/h3-5,9-16,21H,2,6-8,17-20H2,1H3. The lowest BCUT2D eigenvalue weighted by atomic mass is 10.1. The summed E-state index contributed by atoms with van der Waals surface area (Å²) in [4.78, 5) is 0.311. The van der Waals surface area contributed by atoms with Crippen LogP contribution in [-0.2, 0) is 16.4 Å². The van der Waals surface area contributed by atoms with Crippen LogP contribution in [0.2, 0.25) is 0 Å². The minimum atomic E-state index is -3.36. The normalized spacial score (nSPS) is 13.8. The molecule has 0 spiro atoms. The van der Waals surface area contributed by atoms with Crippen LogP contribution in [0.15, 0.2) is 77.7 Å². The highest BCUT2D eigenvalue weighted by Crippen LogP contribution is 2.29. The van der Waals surface area contributed by atoms with Gasteiger partial charge in [-0.15, -0.1) is 0 Å². The summed E-state index contributed by atoms with van der Waals surface area (Å²) < 4.78 is 44.0. The van der Waals surface area contributed by atoms with Crippen LogP contribution in [0.4, 0.5) is 0 Å². The highest BCUT2D eigenvalue weighted by Gasteiger charge is 2.29. The molecule has 0 aromatic heterocycles. The van der Waals surface area contributed by atoms with E-state index in [1.54, 1.807) is 24.3 Å². The van der Waals surface area contributed by atoms with Gasteiger partial charge in [-0.3, -0.25) is 0 Å². The van der Waals surface area contributed by atoms with E-state index in [1.807, 2.05) is 48.5 Å². The van der Waals surface area contributed by atoms with E-state index in [9.17, 15) is 8.42 Å². The molecule has 1 fully saturated rings. The fourth-order valence-corrected chi connectivity index (χ4v) is 5.18. The molecule has 0 unspecified atom stereocenters. The number of sulfonamides is 1. The molecule has 1 heterocycles. The van der Waals surface area contributed by atoms with Crippen LogP contribution in [0.3, 0.4) is 0 Å². The van der Waals surface area contributed by atoms with Gasteiger partial charge in [-0.2, -0.15) is 4.31 Å². The number of rotatable bonds is 12. The number of benzene rings is 3. The number of ether oxygens (including phenoxy) is 3. The fraction of sp³-hybridized carbons (Fsp3) is 0.333. The van der Waals surface area contributed by atoms with Gasteiger partial charge in [-0.05, 0) is 73.0 Å². The average molecular weight is 482 g/mol. The lowest BCUT2D eigenvalue weighted by Gasteiger charge is -2.29. The lowest BCUT2D eigenvalue weighted by molar-refractivity contribution is 0.246. The van der Waals surface area contributed by atoms with Gasteiger partial charge in [0, 0.05) is 19.5 Å². The van der Waals surface area contributed by atoms with Crippen LogP contribution < -0.4 is 14.2 Å². The van der Waals surface area contributed by atoms with Gasteiger partial charge >= 0.3 is 0 Å². The van der Waals surface area contributed by atoms with Crippen molar-refractivity contribution in [2.45, 2.75) is 37.5 Å². The van der Waals surface area contributed by atoms with Crippen molar-refractivity contribution < 1.29 is 22.6 Å². The Balaban J connectivity index is 1.25. The van der Waals surface area contributed by atoms with Crippen molar-refractivity contribution in [1.82, 2.24) is 4.31 Å². The number of hydrogen-bond donors (Lipinski definition) is 0. The van der Waals surface area contributed by atoms with Crippen molar-refractivity contribution in [3.05, 3.63) is 78.4 Å². The monoisotopic (exact) mass is 481 g/mol. The van der Waals surface area contributed by atoms with Gasteiger partial charge in [0.2, 0.25) is 10.0 Å². The maximum Gasteiger partial charge on any atom is 0.243 e. The summed E-state index contributed by atoms with van der Waals surface area (Å²) in [6.07, 6.45) is 3.55. The zero-order chi connectivity index (χ0) is 23.8. The van der Waals surface area contributed by atoms with Crippen LogP contribution in [0.5, 0.6) is 23.0 Å². The van der Waals surface area contributed by atoms with E-state index in [1.165, 1.54) is 4.31 Å². The maximum atomic E-state index is 12.4. The molecule has 0 radical (unpaired) electrons. The molecular formula is C27H31NO5S. The smallest absolute Gasteiger partial charge is 0.243 e. The van der Waals surface area contributed by atoms with E-state index >= 15 is 0 Å². The van der Waals surface area contributed by atoms with Gasteiger partial charge in [0.25, 0.3) is 0 Å². The Morgan fingerprint density at radius 1 is 0.824 bits per heavy atom. The van der Waals surface area contributed by atoms with Gasteiger partial charge in [-0.1, -0.05) is 31.5 Å². The molecule has 6 nitrogen and oxygen atoms in total. The Hall–Kier alpha value is -3.03. The van der Waals surface area contributed by atoms with Crippen molar-refractivity contribution in [1.29, 1.82) is 0 Å². The number of para-hydroxylation sites is 1. The highest BCUT2D eigenvalue weighted by molar-refractivity contribution is 7.89. The lowest BCUT2D eigenvalue weighted by Crippen LogP contribution is -2.41. The SMILES string of the molecule is CCCc1cc(Oc2ccccc2)ccc1OCCCOc1ccc(S(=O)(=O)N2CCC2)cc1. The predicted octanol–water partition coefficient (Wildman–Crippen LogP) is 5.67. The molecule has 1 saturated heterocycles. The summed E-state index contributed by atoms with van der Waals surface area (Å²) in [6.45, 7) is 4.35. The molecule has 3 aromatic rings. The Kier molecular flexibility index (Phi) is 8.08. The zero-order valence-electron chi connectivity index (χ0n) is 19.5. The summed E-state index contributed by atoms with van der Waals surface area (Å²) >= 11 is 0. The Morgan fingerprint density at radius 2 is 1.53 bits per heavy atom. The highest BCUT2D eigenvalue weighted by atomic mass is 32.2. The summed E-state index contributed by atoms with van der Waals surface area (Å²) in [5.74, 6) is 3.12. The summed E-state index contributed by atoms with van der Waals surface area (Å²) in [5.41, 5.74) is 1.12. The number of nitrogens with zero attached hydrogens (tertiary/aromatic N) is 1. The molecule has 0 bridgehead atoms. The second-order valence-electron chi connectivity index (χ2n) is 8.21. The summed E-state index contributed by atoms with van der Waals surface area (Å²) in [6, 6.07) is 22.3. The Bertz CT molecular complexity index is 1160. The first-order chi connectivity index (χ1) is 16.6. The molecule has 0 aliphatic carbocycles. The fourth-order valence-electron chi connectivity index (χ4n) is 3.66. The van der Waals surface area contributed by atoms with Gasteiger partial charge < -0.3 is 14.2 Å². The van der Waals surface area contributed by atoms with Gasteiger partial charge in [-0.25, -0.2) is 8.42 Å². The van der Waals surface area contributed by atoms with Crippen molar-refractivity contribution in [2.24, 2.45) is 0 Å². The van der Waals surface area contributed by atoms with Crippen LogP contribution in [0.25, 0.3) is 0 Å². The predicted molar refractivity (Wildman–Crippen MR) is 132 cm³/mol. The van der Waals surface area contributed by atoms with Crippen LogP contribution >= 0.6 is 0 Å². The molecule has 4 rings (SSSR count). The van der Waals surface area contributed by atoms with Crippen LogP contribution in [0.1, 0.15) is 31.7 Å². The molecule has 0 amide bonds. The maximum absolute atomic E-state index is 12.4. The first-order valence-corrected chi connectivity index (χ1v) is 13.2. The van der Waals surface area contributed by atoms with Crippen LogP contribution in [-0.4, -0.2) is 39.0 Å². The van der Waals surface area contributed by atoms with Crippen LogP contribution in [0, 0.1) is 0 Å². The van der Waals surface area contributed by atoms with Crippen molar-refractivity contribution >= 4 is 10.0 Å². The molecule has 0 atom stereocenters. The van der Waals surface area contributed by atoms with Gasteiger partial charge in [0.1, 0.15) is 23.0 Å². The molecule has 34 heavy (non-hydrogen) atoms. The second kappa shape index (κ2) is 11.4. The van der Waals surface area contributed by atoms with E-state index in [0.29, 0.717) is 43.4 Å². The second-order valence-corrected chi connectivity index (χ2v) is 10.2. The first-order valence-electron chi connectivity index (χ1n) is 11.8. The van der Waals surface area contributed by atoms with E-state index < -0.39 is 10.0 Å². The number of hydrogen-bond acceptors (Lipinski definition) is 5. The van der Waals surface area contributed by atoms with Crippen molar-refractivity contribution in [3.63, 3.8) is 0 Å². The van der Waals surface area contributed by atoms with Gasteiger partial charge in [0.15, 0.2) is 0 Å². The topological polar surface area (TPSA) is 65.1 Å². The summed E-state index contributed by atoms with van der Waals surface area (Å²) in [5, 5.41) is 0. The van der Waals surface area contributed by atoms with E-state index in [-0.39, 0.29) is 0 Å². The minimum Gasteiger partial charge on any atom is -0.493 e. The molecule has 3 aromatic carbocycles. The first kappa shape index (κ1) is 24.1. The molecule has 1 aliphatic heterocycles. The third-order valence-corrected chi connectivity index (χ3v) is 7.53. The molecule has 0 saturated carbocycles. The summed E-state index contributed by atoms with van der Waals surface area (Å²) in [7, 11) is -3.36. The molecule has 180 valence electrons. The Labute approximate surface area is 202 Å².